The predicted molar refractivity (Wildman–Crippen MR) is 60.9 cm³/mol. The average molecular weight is 237 g/mol. The lowest BCUT2D eigenvalue weighted by Crippen LogP contribution is -2.45. The van der Waals surface area contributed by atoms with Crippen molar-refractivity contribution in [2.45, 2.75) is 44.6 Å². The van der Waals surface area contributed by atoms with E-state index in [0.717, 1.165) is 32.1 Å². The molecular weight excluding hydrogens is 218 g/mol. The summed E-state index contributed by atoms with van der Waals surface area (Å²) in [6, 6.07) is 0. The van der Waals surface area contributed by atoms with Crippen LogP contribution in [0.1, 0.15) is 39.0 Å². The zero-order valence-corrected chi connectivity index (χ0v) is 10.2. The number of likely N-dealkylation sites (tertiary alicyclic amines) is 1. The van der Waals surface area contributed by atoms with Crippen molar-refractivity contribution in [2.75, 3.05) is 6.61 Å². The zero-order chi connectivity index (χ0) is 12.2. The molecule has 94 valence electrons. The van der Waals surface area contributed by atoms with Gasteiger partial charge in [-0.1, -0.05) is 13.3 Å². The summed E-state index contributed by atoms with van der Waals surface area (Å²) in [4.78, 5) is 26.0. The molecule has 3 fully saturated rings. The molecule has 0 aromatic carbocycles. The molecule has 1 heterocycles. The van der Waals surface area contributed by atoms with Crippen LogP contribution in [0, 0.1) is 17.8 Å². The van der Waals surface area contributed by atoms with Gasteiger partial charge >= 0.3 is 0 Å². The third-order valence-electron chi connectivity index (χ3n) is 4.91. The van der Waals surface area contributed by atoms with Crippen molar-refractivity contribution in [3.8, 4) is 0 Å². The van der Waals surface area contributed by atoms with E-state index in [-0.39, 0.29) is 30.3 Å². The lowest BCUT2D eigenvalue weighted by molar-refractivity contribution is -0.145. The molecule has 0 aromatic rings. The molecule has 2 saturated carbocycles. The van der Waals surface area contributed by atoms with E-state index < -0.39 is 5.54 Å². The SMILES string of the molecule is CCC1CC2C(=O)N(C3(CO)CC3)C(=O)C2C1. The number of hydrogen-bond donors (Lipinski definition) is 1. The van der Waals surface area contributed by atoms with Gasteiger partial charge in [0, 0.05) is 0 Å². The first-order valence-corrected chi connectivity index (χ1v) is 6.61. The summed E-state index contributed by atoms with van der Waals surface area (Å²) in [5.41, 5.74) is -0.514. The number of carbonyl (C=O) groups is 2. The molecule has 2 aliphatic carbocycles. The molecular formula is C13H19NO3. The Morgan fingerprint density at radius 3 is 2.12 bits per heavy atom. The van der Waals surface area contributed by atoms with Crippen molar-refractivity contribution in [1.82, 2.24) is 4.90 Å². The van der Waals surface area contributed by atoms with Gasteiger partial charge in [0.2, 0.25) is 11.8 Å². The highest BCUT2D eigenvalue weighted by molar-refractivity contribution is 6.06. The highest BCUT2D eigenvalue weighted by Crippen LogP contribution is 2.51. The Kier molecular flexibility index (Phi) is 2.34. The molecule has 4 heteroatoms. The van der Waals surface area contributed by atoms with E-state index in [1.165, 1.54) is 4.90 Å². The molecule has 3 aliphatic rings. The van der Waals surface area contributed by atoms with Crippen LogP contribution in [-0.4, -0.2) is 34.0 Å². The lowest BCUT2D eigenvalue weighted by Gasteiger charge is -2.25. The van der Waals surface area contributed by atoms with Gasteiger partial charge in [0.05, 0.1) is 24.0 Å². The summed E-state index contributed by atoms with van der Waals surface area (Å²) in [5.74, 6) is 0.335. The second-order valence-electron chi connectivity index (χ2n) is 5.85. The standard InChI is InChI=1S/C13H19NO3/c1-2-8-5-9-10(6-8)12(17)14(11(9)16)13(7-15)3-4-13/h8-10,15H,2-7H2,1H3. The summed E-state index contributed by atoms with van der Waals surface area (Å²) in [6.45, 7) is 2.05. The largest absolute Gasteiger partial charge is 0.394 e. The highest BCUT2D eigenvalue weighted by atomic mass is 16.3. The maximum absolute atomic E-state index is 12.3. The first-order valence-electron chi connectivity index (χ1n) is 6.61. The Labute approximate surface area is 101 Å². The van der Waals surface area contributed by atoms with Crippen LogP contribution in [-0.2, 0) is 9.59 Å². The van der Waals surface area contributed by atoms with Crippen molar-refractivity contribution in [1.29, 1.82) is 0 Å². The topological polar surface area (TPSA) is 57.6 Å². The Bertz CT molecular complexity index is 351. The van der Waals surface area contributed by atoms with E-state index in [0.29, 0.717) is 5.92 Å². The number of nitrogens with zero attached hydrogens (tertiary/aromatic N) is 1. The number of aliphatic hydroxyl groups excluding tert-OH is 1. The minimum Gasteiger partial charge on any atom is -0.394 e. The molecule has 2 atom stereocenters. The van der Waals surface area contributed by atoms with Gasteiger partial charge in [0.15, 0.2) is 0 Å². The van der Waals surface area contributed by atoms with Crippen molar-refractivity contribution in [2.24, 2.45) is 17.8 Å². The van der Waals surface area contributed by atoms with Crippen LogP contribution in [0.5, 0.6) is 0 Å². The summed E-state index contributed by atoms with van der Waals surface area (Å²) in [6.07, 6.45) is 4.33. The number of amides is 2. The first kappa shape index (κ1) is 11.2. The van der Waals surface area contributed by atoms with Crippen molar-refractivity contribution in [3.05, 3.63) is 0 Å². The van der Waals surface area contributed by atoms with Crippen molar-refractivity contribution >= 4 is 11.8 Å². The molecule has 0 radical (unpaired) electrons. The Balaban J connectivity index is 1.84. The van der Waals surface area contributed by atoms with Gasteiger partial charge in [0.1, 0.15) is 0 Å². The van der Waals surface area contributed by atoms with Crippen molar-refractivity contribution < 1.29 is 14.7 Å². The van der Waals surface area contributed by atoms with Gasteiger partial charge in [-0.05, 0) is 31.6 Å². The summed E-state index contributed by atoms with van der Waals surface area (Å²) >= 11 is 0. The van der Waals surface area contributed by atoms with Gasteiger partial charge in [0.25, 0.3) is 0 Å². The number of hydrogen-bond acceptors (Lipinski definition) is 3. The smallest absolute Gasteiger partial charge is 0.233 e. The normalized spacial score (nSPS) is 38.7. The number of carbonyl (C=O) groups excluding carboxylic acids is 2. The van der Waals surface area contributed by atoms with Gasteiger partial charge < -0.3 is 5.11 Å². The van der Waals surface area contributed by atoms with E-state index in [2.05, 4.69) is 6.92 Å². The molecule has 0 aromatic heterocycles. The Hall–Kier alpha value is -0.900. The van der Waals surface area contributed by atoms with Gasteiger partial charge in [-0.25, -0.2) is 0 Å². The first-order chi connectivity index (χ1) is 8.13. The number of rotatable bonds is 3. The highest BCUT2D eigenvalue weighted by Gasteiger charge is 2.61. The molecule has 4 nitrogen and oxygen atoms in total. The molecule has 1 saturated heterocycles. The zero-order valence-electron chi connectivity index (χ0n) is 10.2. The molecule has 2 amide bonds. The second kappa shape index (κ2) is 3.55. The van der Waals surface area contributed by atoms with Gasteiger partial charge in [-0.3, -0.25) is 14.5 Å². The fourth-order valence-corrected chi connectivity index (χ4v) is 3.53. The molecule has 1 aliphatic heterocycles. The van der Waals surface area contributed by atoms with Gasteiger partial charge in [-0.15, -0.1) is 0 Å². The minimum atomic E-state index is -0.514. The fraction of sp³-hybridized carbons (Fsp3) is 0.846. The quantitative estimate of drug-likeness (QED) is 0.743. The van der Waals surface area contributed by atoms with Crippen LogP contribution >= 0.6 is 0 Å². The van der Waals surface area contributed by atoms with E-state index in [1.54, 1.807) is 0 Å². The summed E-state index contributed by atoms with van der Waals surface area (Å²) < 4.78 is 0. The van der Waals surface area contributed by atoms with Gasteiger partial charge in [-0.2, -0.15) is 0 Å². The van der Waals surface area contributed by atoms with Crippen LogP contribution in [0.4, 0.5) is 0 Å². The van der Waals surface area contributed by atoms with Crippen LogP contribution in [0.2, 0.25) is 0 Å². The molecule has 0 bridgehead atoms. The van der Waals surface area contributed by atoms with E-state index in [1.807, 2.05) is 0 Å². The molecule has 1 N–H and O–H groups in total. The molecule has 17 heavy (non-hydrogen) atoms. The number of aliphatic hydroxyl groups is 1. The maximum Gasteiger partial charge on any atom is 0.233 e. The fourth-order valence-electron chi connectivity index (χ4n) is 3.53. The van der Waals surface area contributed by atoms with Crippen LogP contribution < -0.4 is 0 Å². The summed E-state index contributed by atoms with van der Waals surface area (Å²) in [5, 5.41) is 9.37. The van der Waals surface area contributed by atoms with E-state index >= 15 is 0 Å². The monoisotopic (exact) mass is 237 g/mol. The summed E-state index contributed by atoms with van der Waals surface area (Å²) in [7, 11) is 0. The molecule has 2 unspecified atom stereocenters. The van der Waals surface area contributed by atoms with Crippen molar-refractivity contribution in [3.63, 3.8) is 0 Å². The number of imide groups is 1. The molecule has 0 spiro atoms. The third kappa shape index (κ3) is 1.39. The lowest BCUT2D eigenvalue weighted by atomic mass is 10.00. The Morgan fingerprint density at radius 2 is 1.76 bits per heavy atom. The van der Waals surface area contributed by atoms with Crippen LogP contribution in [0.3, 0.4) is 0 Å². The third-order valence-corrected chi connectivity index (χ3v) is 4.91. The minimum absolute atomic E-state index is 0.0116. The average Bonchev–Trinajstić information content (AvgIpc) is 2.92. The predicted octanol–water partition coefficient (Wildman–Crippen LogP) is 0.932. The maximum atomic E-state index is 12.3. The molecule has 3 rings (SSSR count). The number of fused-ring (bicyclic) bond motifs is 1. The Morgan fingerprint density at radius 1 is 1.24 bits per heavy atom. The van der Waals surface area contributed by atoms with E-state index in [9.17, 15) is 14.7 Å². The van der Waals surface area contributed by atoms with Crippen LogP contribution in [0.25, 0.3) is 0 Å². The van der Waals surface area contributed by atoms with Crippen LogP contribution in [0.15, 0.2) is 0 Å². The van der Waals surface area contributed by atoms with E-state index in [4.69, 9.17) is 0 Å². The second-order valence-corrected chi connectivity index (χ2v) is 5.85.